The van der Waals surface area contributed by atoms with E-state index in [1.807, 2.05) is 27.7 Å². The molecule has 0 saturated heterocycles. The molecular formula is C10H19NO3S. The number of hydrogen-bond donors (Lipinski definition) is 2. The van der Waals surface area contributed by atoms with Gasteiger partial charge in [-0.05, 0) is 12.3 Å². The Morgan fingerprint density at radius 3 is 2.27 bits per heavy atom. The second kappa shape index (κ2) is 6.00. The molecule has 0 rings (SSSR count). The first-order valence-corrected chi connectivity index (χ1v) is 5.98. The standard InChI is InChI=1S/C10H19NO3S/c1-7(10(2,3)4)11-8(12)5-15-6-9(13)14/h7H,5-6H2,1-4H3,(H,11,12)(H,13,14). The van der Waals surface area contributed by atoms with E-state index in [1.54, 1.807) is 0 Å². The normalized spacial score (nSPS) is 13.3. The summed E-state index contributed by atoms with van der Waals surface area (Å²) in [4.78, 5) is 21.6. The first kappa shape index (κ1) is 14.3. The number of hydrogen-bond acceptors (Lipinski definition) is 3. The molecule has 88 valence electrons. The fourth-order valence-corrected chi connectivity index (χ4v) is 1.28. The first-order chi connectivity index (χ1) is 6.73. The van der Waals surface area contributed by atoms with Gasteiger partial charge in [0.05, 0.1) is 11.5 Å². The summed E-state index contributed by atoms with van der Waals surface area (Å²) in [6.45, 7) is 8.08. The molecule has 0 aliphatic rings. The van der Waals surface area contributed by atoms with Gasteiger partial charge in [-0.2, -0.15) is 0 Å². The summed E-state index contributed by atoms with van der Waals surface area (Å²) >= 11 is 1.11. The molecule has 0 fully saturated rings. The minimum atomic E-state index is -0.892. The van der Waals surface area contributed by atoms with Gasteiger partial charge in [-0.25, -0.2) is 0 Å². The average Bonchev–Trinajstić information content (AvgIpc) is 2.01. The Kier molecular flexibility index (Phi) is 5.72. The predicted molar refractivity (Wildman–Crippen MR) is 62.0 cm³/mol. The molecule has 4 nitrogen and oxygen atoms in total. The van der Waals surface area contributed by atoms with Crippen LogP contribution in [0.2, 0.25) is 0 Å². The van der Waals surface area contributed by atoms with Gasteiger partial charge in [-0.15, -0.1) is 11.8 Å². The van der Waals surface area contributed by atoms with Crippen molar-refractivity contribution in [3.8, 4) is 0 Å². The Bertz CT molecular complexity index is 235. The van der Waals surface area contributed by atoms with Crippen LogP contribution in [-0.4, -0.2) is 34.5 Å². The zero-order chi connectivity index (χ0) is 12.1. The summed E-state index contributed by atoms with van der Waals surface area (Å²) in [6, 6.07) is 0.0791. The molecule has 0 saturated carbocycles. The third-order valence-electron chi connectivity index (χ3n) is 2.14. The highest BCUT2D eigenvalue weighted by molar-refractivity contribution is 8.00. The summed E-state index contributed by atoms with van der Waals surface area (Å²) in [5.74, 6) is -0.829. The second-order valence-corrected chi connectivity index (χ2v) is 5.53. The van der Waals surface area contributed by atoms with Gasteiger partial charge in [0.15, 0.2) is 0 Å². The Balaban J connectivity index is 3.79. The Morgan fingerprint density at radius 2 is 1.87 bits per heavy atom. The summed E-state index contributed by atoms with van der Waals surface area (Å²) in [5, 5.41) is 11.2. The molecule has 0 aliphatic carbocycles. The monoisotopic (exact) mass is 233 g/mol. The second-order valence-electron chi connectivity index (χ2n) is 4.54. The molecule has 0 aromatic carbocycles. The number of carbonyl (C=O) groups is 2. The van der Waals surface area contributed by atoms with Crippen molar-refractivity contribution in [2.75, 3.05) is 11.5 Å². The summed E-state index contributed by atoms with van der Waals surface area (Å²) < 4.78 is 0. The number of rotatable bonds is 5. The number of carboxylic acid groups (broad SMARTS) is 1. The summed E-state index contributed by atoms with van der Waals surface area (Å²) in [5.41, 5.74) is 0.0210. The molecule has 0 radical (unpaired) electrons. The van der Waals surface area contributed by atoms with Gasteiger partial charge < -0.3 is 10.4 Å². The quantitative estimate of drug-likeness (QED) is 0.752. The van der Waals surface area contributed by atoms with E-state index in [-0.39, 0.29) is 28.9 Å². The van der Waals surface area contributed by atoms with Crippen LogP contribution in [0.3, 0.4) is 0 Å². The largest absolute Gasteiger partial charge is 0.481 e. The van der Waals surface area contributed by atoms with Gasteiger partial charge in [-0.1, -0.05) is 20.8 Å². The van der Waals surface area contributed by atoms with Crippen molar-refractivity contribution in [1.29, 1.82) is 0 Å². The van der Waals surface area contributed by atoms with E-state index >= 15 is 0 Å². The molecular weight excluding hydrogens is 214 g/mol. The molecule has 1 unspecified atom stereocenters. The maximum Gasteiger partial charge on any atom is 0.313 e. The van der Waals surface area contributed by atoms with E-state index in [4.69, 9.17) is 5.11 Å². The molecule has 5 heteroatoms. The lowest BCUT2D eigenvalue weighted by atomic mass is 9.88. The summed E-state index contributed by atoms with van der Waals surface area (Å²) in [7, 11) is 0. The molecule has 15 heavy (non-hydrogen) atoms. The number of amides is 1. The average molecular weight is 233 g/mol. The summed E-state index contributed by atoms with van der Waals surface area (Å²) in [6.07, 6.45) is 0. The van der Waals surface area contributed by atoms with Gasteiger partial charge >= 0.3 is 5.97 Å². The highest BCUT2D eigenvalue weighted by Gasteiger charge is 2.21. The van der Waals surface area contributed by atoms with Gasteiger partial charge in [0.2, 0.25) is 5.91 Å². The molecule has 0 aromatic heterocycles. The maximum atomic E-state index is 11.4. The van der Waals surface area contributed by atoms with Crippen molar-refractivity contribution < 1.29 is 14.7 Å². The van der Waals surface area contributed by atoms with Crippen LogP contribution >= 0.6 is 11.8 Å². The highest BCUT2D eigenvalue weighted by atomic mass is 32.2. The Hall–Kier alpha value is -0.710. The van der Waals surface area contributed by atoms with Gasteiger partial charge in [0, 0.05) is 6.04 Å². The van der Waals surface area contributed by atoms with Crippen LogP contribution in [0.4, 0.5) is 0 Å². The van der Waals surface area contributed by atoms with Crippen LogP contribution < -0.4 is 5.32 Å². The molecule has 1 atom stereocenters. The van der Waals surface area contributed by atoms with Crippen molar-refractivity contribution in [1.82, 2.24) is 5.32 Å². The fourth-order valence-electron chi connectivity index (χ4n) is 0.731. The lowest BCUT2D eigenvalue weighted by Gasteiger charge is -2.27. The van der Waals surface area contributed by atoms with Crippen LogP contribution in [0.1, 0.15) is 27.7 Å². The third-order valence-corrected chi connectivity index (χ3v) is 3.05. The third kappa shape index (κ3) is 7.25. The van der Waals surface area contributed by atoms with Crippen LogP contribution in [0, 0.1) is 5.41 Å². The molecule has 0 bridgehead atoms. The van der Waals surface area contributed by atoms with E-state index in [0.29, 0.717) is 0 Å². The van der Waals surface area contributed by atoms with E-state index < -0.39 is 5.97 Å². The first-order valence-electron chi connectivity index (χ1n) is 4.82. The van der Waals surface area contributed by atoms with Crippen molar-refractivity contribution in [2.24, 2.45) is 5.41 Å². The number of carbonyl (C=O) groups excluding carboxylic acids is 1. The molecule has 1 amide bonds. The van der Waals surface area contributed by atoms with Gasteiger partial charge in [0.1, 0.15) is 0 Å². The van der Waals surface area contributed by atoms with Gasteiger partial charge in [0.25, 0.3) is 0 Å². The van der Waals surface area contributed by atoms with E-state index in [1.165, 1.54) is 0 Å². The molecule has 0 aromatic rings. The Morgan fingerprint density at radius 1 is 1.33 bits per heavy atom. The minimum absolute atomic E-state index is 0.0210. The van der Waals surface area contributed by atoms with Crippen molar-refractivity contribution in [3.63, 3.8) is 0 Å². The minimum Gasteiger partial charge on any atom is -0.481 e. The van der Waals surface area contributed by atoms with E-state index in [2.05, 4.69) is 5.32 Å². The van der Waals surface area contributed by atoms with Crippen LogP contribution in [-0.2, 0) is 9.59 Å². The number of nitrogens with one attached hydrogen (secondary N) is 1. The fraction of sp³-hybridized carbons (Fsp3) is 0.800. The lowest BCUT2D eigenvalue weighted by molar-refractivity contribution is -0.133. The highest BCUT2D eigenvalue weighted by Crippen LogP contribution is 2.18. The van der Waals surface area contributed by atoms with E-state index in [0.717, 1.165) is 11.8 Å². The zero-order valence-electron chi connectivity index (χ0n) is 9.66. The Labute approximate surface area is 94.8 Å². The van der Waals surface area contributed by atoms with Crippen molar-refractivity contribution in [3.05, 3.63) is 0 Å². The molecule has 0 heterocycles. The van der Waals surface area contributed by atoms with Crippen molar-refractivity contribution in [2.45, 2.75) is 33.7 Å². The van der Waals surface area contributed by atoms with Crippen LogP contribution in [0.5, 0.6) is 0 Å². The number of carboxylic acids is 1. The number of aliphatic carboxylic acids is 1. The molecule has 2 N–H and O–H groups in total. The number of thioether (sulfide) groups is 1. The molecule has 0 aliphatic heterocycles. The maximum absolute atomic E-state index is 11.4. The van der Waals surface area contributed by atoms with E-state index in [9.17, 15) is 9.59 Å². The lowest BCUT2D eigenvalue weighted by Crippen LogP contribution is -2.42. The predicted octanol–water partition coefficient (Wildman–Crippen LogP) is 1.35. The SMILES string of the molecule is CC(NC(=O)CSCC(=O)O)C(C)(C)C. The van der Waals surface area contributed by atoms with Crippen LogP contribution in [0.25, 0.3) is 0 Å². The topological polar surface area (TPSA) is 66.4 Å². The zero-order valence-corrected chi connectivity index (χ0v) is 10.5. The molecule has 0 spiro atoms. The van der Waals surface area contributed by atoms with Crippen LogP contribution in [0.15, 0.2) is 0 Å². The van der Waals surface area contributed by atoms with Gasteiger partial charge in [-0.3, -0.25) is 9.59 Å². The van der Waals surface area contributed by atoms with Crippen molar-refractivity contribution >= 4 is 23.6 Å². The smallest absolute Gasteiger partial charge is 0.313 e.